The fourth-order valence-electron chi connectivity index (χ4n) is 2.67. The van der Waals surface area contributed by atoms with E-state index in [1.165, 1.54) is 5.56 Å². The molecule has 4 nitrogen and oxygen atoms in total. The van der Waals surface area contributed by atoms with E-state index in [1.54, 1.807) is 0 Å². The van der Waals surface area contributed by atoms with E-state index in [2.05, 4.69) is 47.7 Å². The summed E-state index contributed by atoms with van der Waals surface area (Å²) in [5, 5.41) is 13.0. The zero-order chi connectivity index (χ0) is 14.8. The van der Waals surface area contributed by atoms with Crippen LogP contribution in [0.15, 0.2) is 24.5 Å². The molecule has 4 heteroatoms. The van der Waals surface area contributed by atoms with Gasteiger partial charge in [-0.25, -0.2) is 4.98 Å². The summed E-state index contributed by atoms with van der Waals surface area (Å²) in [6.45, 7) is 9.93. The van der Waals surface area contributed by atoms with E-state index >= 15 is 0 Å². The Morgan fingerprint density at radius 2 is 2.15 bits per heavy atom. The van der Waals surface area contributed by atoms with Gasteiger partial charge in [0.1, 0.15) is 5.65 Å². The van der Waals surface area contributed by atoms with Crippen LogP contribution in [0, 0.1) is 12.3 Å². The van der Waals surface area contributed by atoms with Crippen molar-refractivity contribution in [3.05, 3.63) is 35.8 Å². The number of hydrogen-bond acceptors (Lipinski definition) is 3. The second-order valence-electron chi connectivity index (χ2n) is 6.51. The Hall–Kier alpha value is -1.39. The highest BCUT2D eigenvalue weighted by molar-refractivity contribution is 5.41. The maximum atomic E-state index is 9.50. The number of rotatable bonds is 6. The number of fused-ring (bicyclic) bond motifs is 1. The third-order valence-electron chi connectivity index (χ3n) is 3.49. The number of nitrogens with zero attached hydrogens (tertiary/aromatic N) is 2. The van der Waals surface area contributed by atoms with E-state index in [0.29, 0.717) is 0 Å². The molecule has 2 N–H and O–H groups in total. The van der Waals surface area contributed by atoms with E-state index in [4.69, 9.17) is 0 Å². The Kier molecular flexibility index (Phi) is 4.45. The number of pyridine rings is 1. The van der Waals surface area contributed by atoms with Crippen molar-refractivity contribution in [3.8, 4) is 0 Å². The van der Waals surface area contributed by atoms with Gasteiger partial charge in [0, 0.05) is 19.3 Å². The van der Waals surface area contributed by atoms with E-state index in [9.17, 15) is 5.11 Å². The molecule has 1 unspecified atom stereocenters. The molecule has 0 aliphatic carbocycles. The third-order valence-corrected chi connectivity index (χ3v) is 3.49. The van der Waals surface area contributed by atoms with Crippen molar-refractivity contribution in [2.45, 2.75) is 46.8 Å². The van der Waals surface area contributed by atoms with E-state index in [-0.39, 0.29) is 11.5 Å². The molecule has 0 aromatic carbocycles. The molecule has 2 heterocycles. The maximum absolute atomic E-state index is 9.50. The average Bonchev–Trinajstić information content (AvgIpc) is 2.70. The minimum Gasteiger partial charge on any atom is -0.393 e. The van der Waals surface area contributed by atoms with Crippen molar-refractivity contribution in [2.75, 3.05) is 6.54 Å². The molecule has 2 aromatic heterocycles. The minimum absolute atomic E-state index is 0.0879. The van der Waals surface area contributed by atoms with Crippen LogP contribution in [0.25, 0.3) is 5.65 Å². The molecule has 0 amide bonds. The Morgan fingerprint density at radius 1 is 1.40 bits per heavy atom. The summed E-state index contributed by atoms with van der Waals surface area (Å²) in [7, 11) is 0. The lowest BCUT2D eigenvalue weighted by Crippen LogP contribution is -2.31. The van der Waals surface area contributed by atoms with Crippen LogP contribution in [0.4, 0.5) is 0 Å². The van der Waals surface area contributed by atoms with Gasteiger partial charge in [-0.15, -0.1) is 0 Å². The van der Waals surface area contributed by atoms with Gasteiger partial charge in [-0.2, -0.15) is 0 Å². The van der Waals surface area contributed by atoms with Crippen LogP contribution in [-0.4, -0.2) is 27.1 Å². The third kappa shape index (κ3) is 3.81. The first-order chi connectivity index (χ1) is 9.37. The number of hydrogen-bond donors (Lipinski definition) is 2. The summed E-state index contributed by atoms with van der Waals surface area (Å²) in [6.07, 6.45) is 4.57. The molecule has 2 aromatic rings. The predicted molar refractivity (Wildman–Crippen MR) is 81.7 cm³/mol. The molecule has 0 aliphatic rings. The lowest BCUT2D eigenvalue weighted by Gasteiger charge is -2.26. The molecular formula is C16H25N3O. The highest BCUT2D eigenvalue weighted by Crippen LogP contribution is 2.21. The normalized spacial score (nSPS) is 13.8. The molecule has 20 heavy (non-hydrogen) atoms. The summed E-state index contributed by atoms with van der Waals surface area (Å²) in [5.74, 6) is 0. The fourth-order valence-corrected chi connectivity index (χ4v) is 2.67. The van der Waals surface area contributed by atoms with Gasteiger partial charge in [0.15, 0.2) is 0 Å². The van der Waals surface area contributed by atoms with Gasteiger partial charge in [0.05, 0.1) is 18.0 Å². The highest BCUT2D eigenvalue weighted by Gasteiger charge is 2.19. The number of aliphatic hydroxyl groups excluding tert-OH is 1. The first-order valence-corrected chi connectivity index (χ1v) is 7.19. The Balaban J connectivity index is 1.98. The highest BCUT2D eigenvalue weighted by atomic mass is 16.3. The van der Waals surface area contributed by atoms with Gasteiger partial charge in [-0.1, -0.05) is 19.9 Å². The zero-order valence-corrected chi connectivity index (χ0v) is 12.8. The fraction of sp³-hybridized carbons (Fsp3) is 0.562. The second-order valence-corrected chi connectivity index (χ2v) is 6.51. The Bertz CT molecular complexity index is 572. The lowest BCUT2D eigenvalue weighted by molar-refractivity contribution is 0.128. The first-order valence-electron chi connectivity index (χ1n) is 7.19. The molecule has 0 fully saturated rings. The molecule has 0 saturated carbocycles. The average molecular weight is 275 g/mol. The van der Waals surface area contributed by atoms with E-state index in [1.807, 2.05) is 19.2 Å². The van der Waals surface area contributed by atoms with Crippen LogP contribution in [-0.2, 0) is 6.54 Å². The van der Waals surface area contributed by atoms with E-state index in [0.717, 1.165) is 30.9 Å². The summed E-state index contributed by atoms with van der Waals surface area (Å²) >= 11 is 0. The molecule has 0 bridgehead atoms. The van der Waals surface area contributed by atoms with Gasteiger partial charge in [0.25, 0.3) is 0 Å². The van der Waals surface area contributed by atoms with Crippen molar-refractivity contribution in [1.29, 1.82) is 0 Å². The quantitative estimate of drug-likeness (QED) is 0.851. The minimum atomic E-state index is -0.259. The van der Waals surface area contributed by atoms with E-state index < -0.39 is 0 Å². The van der Waals surface area contributed by atoms with Gasteiger partial charge < -0.3 is 14.8 Å². The molecule has 110 valence electrons. The standard InChI is InChI=1S/C16H25N3O/c1-12-5-6-15-18-9-14(19(15)10-12)8-17-11-16(3,4)7-13(2)20/h5-6,9-10,13,17,20H,7-8,11H2,1-4H3. The maximum Gasteiger partial charge on any atom is 0.136 e. The van der Waals surface area contributed by atoms with Gasteiger partial charge in [-0.05, 0) is 37.3 Å². The smallest absolute Gasteiger partial charge is 0.136 e. The number of aromatic nitrogens is 2. The van der Waals surface area contributed by atoms with Gasteiger partial charge >= 0.3 is 0 Å². The van der Waals surface area contributed by atoms with Crippen molar-refractivity contribution >= 4 is 5.65 Å². The van der Waals surface area contributed by atoms with Crippen molar-refractivity contribution in [3.63, 3.8) is 0 Å². The van der Waals surface area contributed by atoms with Crippen LogP contribution in [0.5, 0.6) is 0 Å². The van der Waals surface area contributed by atoms with Gasteiger partial charge in [0.2, 0.25) is 0 Å². The Morgan fingerprint density at radius 3 is 2.85 bits per heavy atom. The lowest BCUT2D eigenvalue weighted by atomic mass is 9.87. The summed E-state index contributed by atoms with van der Waals surface area (Å²) in [5.41, 5.74) is 3.46. The second kappa shape index (κ2) is 5.94. The summed E-state index contributed by atoms with van der Waals surface area (Å²) < 4.78 is 2.13. The number of nitrogens with one attached hydrogen (secondary N) is 1. The summed E-state index contributed by atoms with van der Waals surface area (Å²) in [6, 6.07) is 4.11. The van der Waals surface area contributed by atoms with Crippen molar-refractivity contribution < 1.29 is 5.11 Å². The van der Waals surface area contributed by atoms with Crippen LogP contribution in [0.1, 0.15) is 38.4 Å². The molecule has 0 radical (unpaired) electrons. The monoisotopic (exact) mass is 275 g/mol. The van der Waals surface area contributed by atoms with Crippen LogP contribution in [0.3, 0.4) is 0 Å². The Labute approximate surface area is 120 Å². The number of aryl methyl sites for hydroxylation is 1. The molecule has 0 saturated heterocycles. The molecule has 0 spiro atoms. The largest absolute Gasteiger partial charge is 0.393 e. The SMILES string of the molecule is Cc1ccc2ncc(CNCC(C)(C)CC(C)O)n2c1. The predicted octanol–water partition coefficient (Wildman–Crippen LogP) is 2.53. The number of imidazole rings is 1. The van der Waals surface area contributed by atoms with Crippen molar-refractivity contribution in [1.82, 2.24) is 14.7 Å². The van der Waals surface area contributed by atoms with Crippen LogP contribution in [0.2, 0.25) is 0 Å². The van der Waals surface area contributed by atoms with Crippen LogP contribution >= 0.6 is 0 Å². The molecular weight excluding hydrogens is 250 g/mol. The molecule has 2 rings (SSSR count). The first kappa shape index (κ1) is 15.0. The van der Waals surface area contributed by atoms with Gasteiger partial charge in [-0.3, -0.25) is 0 Å². The number of aliphatic hydroxyl groups is 1. The molecule has 0 aliphatic heterocycles. The van der Waals surface area contributed by atoms with Crippen LogP contribution < -0.4 is 5.32 Å². The van der Waals surface area contributed by atoms with Crippen molar-refractivity contribution in [2.24, 2.45) is 5.41 Å². The topological polar surface area (TPSA) is 49.6 Å². The zero-order valence-electron chi connectivity index (χ0n) is 12.8. The summed E-state index contributed by atoms with van der Waals surface area (Å²) in [4.78, 5) is 4.41. The molecule has 1 atom stereocenters.